The third-order valence-electron chi connectivity index (χ3n) is 5.11. The van der Waals surface area contributed by atoms with Gasteiger partial charge < -0.3 is 15.0 Å². The number of ether oxygens (including phenoxy) is 1. The van der Waals surface area contributed by atoms with E-state index in [1.54, 1.807) is 6.07 Å². The number of alkyl halides is 3. The number of nitrogens with zero attached hydrogens (tertiary/aromatic N) is 5. The topological polar surface area (TPSA) is 102 Å². The highest BCUT2D eigenvalue weighted by molar-refractivity contribution is 7.13. The standard InChI is InChI=1S/C21H21F3N6O3S/c22-21(23,24)14-4-1-5-15(10-14)29(12-18(31)25-11-16-6-2-8-33-16)19(32)13-30-27-20(26-28-30)17-7-3-9-34-17/h1,3-5,7,9-10,16H,2,6,8,11-13H2,(H,25,31)/t16-/m0/s1. The van der Waals surface area contributed by atoms with E-state index in [1.165, 1.54) is 23.5 Å². The van der Waals surface area contributed by atoms with Gasteiger partial charge in [-0.1, -0.05) is 12.1 Å². The molecule has 0 saturated carbocycles. The fourth-order valence-corrected chi connectivity index (χ4v) is 4.08. The van der Waals surface area contributed by atoms with Crippen LogP contribution >= 0.6 is 11.3 Å². The van der Waals surface area contributed by atoms with Crippen molar-refractivity contribution >= 4 is 28.8 Å². The second kappa shape index (κ2) is 10.3. The van der Waals surface area contributed by atoms with E-state index in [-0.39, 0.29) is 18.3 Å². The van der Waals surface area contributed by atoms with Crippen molar-refractivity contribution in [2.75, 3.05) is 24.6 Å². The van der Waals surface area contributed by atoms with Gasteiger partial charge in [0.05, 0.1) is 16.5 Å². The number of halogens is 3. The van der Waals surface area contributed by atoms with E-state index in [4.69, 9.17) is 4.74 Å². The number of tetrazole rings is 1. The van der Waals surface area contributed by atoms with Crippen LogP contribution in [0.2, 0.25) is 0 Å². The molecular formula is C21H21F3N6O3S. The van der Waals surface area contributed by atoms with Gasteiger partial charge in [0.2, 0.25) is 11.7 Å². The summed E-state index contributed by atoms with van der Waals surface area (Å²) in [6.45, 7) is -0.00100. The molecule has 2 aromatic heterocycles. The van der Waals surface area contributed by atoms with E-state index in [0.29, 0.717) is 12.4 Å². The maximum Gasteiger partial charge on any atom is 0.416 e. The largest absolute Gasteiger partial charge is 0.416 e. The molecule has 3 aromatic rings. The SMILES string of the molecule is O=C(CN(C(=O)Cn1nnc(-c2cccs2)n1)c1cccc(C(F)(F)F)c1)NC[C@@H]1CCCO1. The van der Waals surface area contributed by atoms with Gasteiger partial charge in [-0.05, 0) is 47.7 Å². The van der Waals surface area contributed by atoms with Crippen molar-refractivity contribution in [2.45, 2.75) is 31.7 Å². The molecule has 1 aliphatic rings. The average molecular weight is 494 g/mol. The van der Waals surface area contributed by atoms with Crippen molar-refractivity contribution < 1.29 is 27.5 Å². The van der Waals surface area contributed by atoms with Crippen LogP contribution in [0.15, 0.2) is 41.8 Å². The van der Waals surface area contributed by atoms with Crippen molar-refractivity contribution in [2.24, 2.45) is 0 Å². The Morgan fingerprint density at radius 1 is 1.26 bits per heavy atom. The Morgan fingerprint density at radius 2 is 2.12 bits per heavy atom. The monoisotopic (exact) mass is 494 g/mol. The van der Waals surface area contributed by atoms with Crippen LogP contribution in [0.3, 0.4) is 0 Å². The summed E-state index contributed by atoms with van der Waals surface area (Å²) in [7, 11) is 0. The summed E-state index contributed by atoms with van der Waals surface area (Å²) in [5, 5.41) is 16.4. The summed E-state index contributed by atoms with van der Waals surface area (Å²) < 4.78 is 45.2. The number of benzene rings is 1. The number of anilines is 1. The highest BCUT2D eigenvalue weighted by atomic mass is 32.1. The summed E-state index contributed by atoms with van der Waals surface area (Å²) in [6.07, 6.45) is -3.01. The second-order valence-electron chi connectivity index (χ2n) is 7.59. The van der Waals surface area contributed by atoms with Gasteiger partial charge in [-0.2, -0.15) is 18.0 Å². The second-order valence-corrected chi connectivity index (χ2v) is 8.54. The number of carbonyl (C=O) groups is 2. The lowest BCUT2D eigenvalue weighted by atomic mass is 10.1. The number of hydrogen-bond donors (Lipinski definition) is 1. The lowest BCUT2D eigenvalue weighted by molar-refractivity contribution is -0.137. The molecule has 180 valence electrons. The Kier molecular flexibility index (Phi) is 7.22. The number of rotatable bonds is 8. The molecule has 1 aliphatic heterocycles. The minimum atomic E-state index is -4.60. The van der Waals surface area contributed by atoms with Gasteiger partial charge in [0.25, 0.3) is 5.91 Å². The summed E-state index contributed by atoms with van der Waals surface area (Å²) in [4.78, 5) is 28.4. The van der Waals surface area contributed by atoms with Crippen LogP contribution in [0, 0.1) is 0 Å². The highest BCUT2D eigenvalue weighted by Crippen LogP contribution is 2.31. The average Bonchev–Trinajstić information content (AvgIpc) is 3.58. The number of hydrogen-bond acceptors (Lipinski definition) is 7. The van der Waals surface area contributed by atoms with Crippen LogP contribution in [-0.2, 0) is 27.0 Å². The normalized spacial score (nSPS) is 15.9. The van der Waals surface area contributed by atoms with Crippen LogP contribution in [0.5, 0.6) is 0 Å². The Morgan fingerprint density at radius 3 is 2.82 bits per heavy atom. The predicted octanol–water partition coefficient (Wildman–Crippen LogP) is 2.75. The molecule has 4 rings (SSSR count). The third kappa shape index (κ3) is 5.97. The lowest BCUT2D eigenvalue weighted by Gasteiger charge is -2.23. The van der Waals surface area contributed by atoms with E-state index in [2.05, 4.69) is 20.7 Å². The van der Waals surface area contributed by atoms with E-state index in [0.717, 1.165) is 39.5 Å². The van der Waals surface area contributed by atoms with Gasteiger partial charge in [-0.3, -0.25) is 9.59 Å². The zero-order valence-electron chi connectivity index (χ0n) is 17.9. The molecule has 0 unspecified atom stereocenters. The summed E-state index contributed by atoms with van der Waals surface area (Å²) in [6, 6.07) is 7.86. The van der Waals surface area contributed by atoms with Gasteiger partial charge in [0.15, 0.2) is 0 Å². The molecule has 2 amide bonds. The van der Waals surface area contributed by atoms with E-state index < -0.39 is 36.6 Å². The van der Waals surface area contributed by atoms with Crippen molar-refractivity contribution in [3.63, 3.8) is 0 Å². The van der Waals surface area contributed by atoms with Gasteiger partial charge in [-0.25, -0.2) is 0 Å². The molecule has 3 heterocycles. The van der Waals surface area contributed by atoms with Crippen molar-refractivity contribution in [1.82, 2.24) is 25.5 Å². The molecule has 34 heavy (non-hydrogen) atoms. The molecule has 0 bridgehead atoms. The summed E-state index contributed by atoms with van der Waals surface area (Å²) in [5.41, 5.74) is -0.993. The van der Waals surface area contributed by atoms with Crippen LogP contribution in [0.1, 0.15) is 18.4 Å². The first kappa shape index (κ1) is 23.8. The third-order valence-corrected chi connectivity index (χ3v) is 5.98. The quantitative estimate of drug-likeness (QED) is 0.517. The molecule has 0 aliphatic carbocycles. The highest BCUT2D eigenvalue weighted by Gasteiger charge is 2.32. The predicted molar refractivity (Wildman–Crippen MR) is 117 cm³/mol. The van der Waals surface area contributed by atoms with Crippen molar-refractivity contribution in [3.05, 3.63) is 47.3 Å². The molecule has 1 saturated heterocycles. The molecule has 1 aromatic carbocycles. The summed E-state index contributed by atoms with van der Waals surface area (Å²) in [5.74, 6) is -0.864. The Bertz CT molecular complexity index is 1130. The van der Waals surface area contributed by atoms with Gasteiger partial charge >= 0.3 is 6.18 Å². The van der Waals surface area contributed by atoms with E-state index in [9.17, 15) is 22.8 Å². The lowest BCUT2D eigenvalue weighted by Crippen LogP contribution is -2.44. The molecule has 13 heteroatoms. The van der Waals surface area contributed by atoms with Crippen molar-refractivity contribution in [1.29, 1.82) is 0 Å². The zero-order valence-corrected chi connectivity index (χ0v) is 18.7. The molecular weight excluding hydrogens is 473 g/mol. The Labute approximate surface area is 196 Å². The smallest absolute Gasteiger partial charge is 0.376 e. The number of aromatic nitrogens is 4. The van der Waals surface area contributed by atoms with Gasteiger partial charge in [0, 0.05) is 18.8 Å². The summed E-state index contributed by atoms with van der Waals surface area (Å²) >= 11 is 1.40. The number of nitrogens with one attached hydrogen (secondary N) is 1. The first-order chi connectivity index (χ1) is 16.3. The molecule has 9 nitrogen and oxygen atoms in total. The molecule has 0 spiro atoms. The number of thiophene rings is 1. The van der Waals surface area contributed by atoms with Crippen LogP contribution in [0.4, 0.5) is 18.9 Å². The molecule has 1 atom stereocenters. The molecule has 1 fully saturated rings. The van der Waals surface area contributed by atoms with Crippen LogP contribution in [-0.4, -0.2) is 57.8 Å². The molecule has 1 N–H and O–H groups in total. The fraction of sp³-hybridized carbons (Fsp3) is 0.381. The van der Waals surface area contributed by atoms with E-state index >= 15 is 0 Å². The van der Waals surface area contributed by atoms with E-state index in [1.807, 2.05) is 11.4 Å². The maximum absolute atomic E-state index is 13.2. The van der Waals surface area contributed by atoms with Gasteiger partial charge in [-0.15, -0.1) is 21.5 Å². The first-order valence-electron chi connectivity index (χ1n) is 10.5. The number of amides is 2. The minimum absolute atomic E-state index is 0.0642. The first-order valence-corrected chi connectivity index (χ1v) is 11.3. The van der Waals surface area contributed by atoms with Gasteiger partial charge in [0.1, 0.15) is 13.1 Å². The molecule has 0 radical (unpaired) electrons. The maximum atomic E-state index is 13.2. The minimum Gasteiger partial charge on any atom is -0.376 e. The number of carbonyl (C=O) groups excluding carboxylic acids is 2. The van der Waals surface area contributed by atoms with Crippen LogP contribution in [0.25, 0.3) is 10.7 Å². The van der Waals surface area contributed by atoms with Crippen molar-refractivity contribution in [3.8, 4) is 10.7 Å². The Balaban J connectivity index is 1.51. The zero-order chi connectivity index (χ0) is 24.1. The Hall–Kier alpha value is -3.32. The fourth-order valence-electron chi connectivity index (χ4n) is 3.43. The van der Waals surface area contributed by atoms with Crippen LogP contribution < -0.4 is 10.2 Å².